The first kappa shape index (κ1) is 16.3. The Morgan fingerprint density at radius 2 is 2.10 bits per heavy atom. The molecule has 6 heteroatoms. The molecule has 1 aromatic rings. The van der Waals surface area contributed by atoms with Crippen molar-refractivity contribution in [3.05, 3.63) is 5.89 Å². The summed E-state index contributed by atoms with van der Waals surface area (Å²) < 4.78 is 5.30. The highest BCUT2D eigenvalue weighted by atomic mass is 32.2. The molecule has 0 radical (unpaired) electrons. The van der Waals surface area contributed by atoms with E-state index in [1.807, 2.05) is 0 Å². The summed E-state index contributed by atoms with van der Waals surface area (Å²) in [5.74, 6) is 1.73. The van der Waals surface area contributed by atoms with Crippen LogP contribution in [0.4, 0.5) is 0 Å². The first-order chi connectivity index (χ1) is 10.2. The highest BCUT2D eigenvalue weighted by molar-refractivity contribution is 7.99. The minimum atomic E-state index is 0.298. The topological polar surface area (TPSA) is 59.2 Å². The Morgan fingerprint density at radius 1 is 1.33 bits per heavy atom. The van der Waals surface area contributed by atoms with Crippen LogP contribution in [0.5, 0.6) is 0 Å². The van der Waals surface area contributed by atoms with Gasteiger partial charge >= 0.3 is 0 Å². The van der Waals surface area contributed by atoms with E-state index in [9.17, 15) is 4.79 Å². The van der Waals surface area contributed by atoms with Crippen molar-refractivity contribution in [3.63, 3.8) is 0 Å². The molecule has 0 atom stereocenters. The fourth-order valence-corrected chi connectivity index (χ4v) is 3.64. The maximum absolute atomic E-state index is 12.4. The lowest BCUT2D eigenvalue weighted by Crippen LogP contribution is -2.41. The third kappa shape index (κ3) is 5.02. The summed E-state index contributed by atoms with van der Waals surface area (Å²) >= 11 is 1.53. The van der Waals surface area contributed by atoms with Gasteiger partial charge in [-0.2, -0.15) is 0 Å². The molecule has 0 spiro atoms. The van der Waals surface area contributed by atoms with Crippen LogP contribution in [-0.2, 0) is 4.79 Å². The zero-order valence-electron chi connectivity index (χ0n) is 13.0. The van der Waals surface area contributed by atoms with Crippen LogP contribution < -0.4 is 0 Å². The van der Waals surface area contributed by atoms with E-state index in [1.54, 1.807) is 6.92 Å². The first-order valence-electron chi connectivity index (χ1n) is 7.93. The van der Waals surface area contributed by atoms with Gasteiger partial charge in [-0.1, -0.05) is 31.0 Å². The van der Waals surface area contributed by atoms with Gasteiger partial charge in [0.25, 0.3) is 5.22 Å². The lowest BCUT2D eigenvalue weighted by molar-refractivity contribution is -0.133. The Bertz CT molecular complexity index is 444. The molecule has 1 aliphatic rings. The van der Waals surface area contributed by atoms with Gasteiger partial charge in [0.15, 0.2) is 0 Å². The number of rotatable bonds is 7. The van der Waals surface area contributed by atoms with Gasteiger partial charge in [-0.25, -0.2) is 0 Å². The van der Waals surface area contributed by atoms with Crippen LogP contribution in [0.1, 0.15) is 57.8 Å². The van der Waals surface area contributed by atoms with Crippen LogP contribution in [0.3, 0.4) is 0 Å². The van der Waals surface area contributed by atoms with E-state index in [0.29, 0.717) is 29.5 Å². The Labute approximate surface area is 130 Å². The van der Waals surface area contributed by atoms with Crippen LogP contribution in [0.25, 0.3) is 0 Å². The molecule has 0 N–H and O–H groups in total. The van der Waals surface area contributed by atoms with Crippen LogP contribution in [-0.4, -0.2) is 39.3 Å². The maximum Gasteiger partial charge on any atom is 0.276 e. The molecule has 5 nitrogen and oxygen atoms in total. The molecule has 0 aliphatic heterocycles. The highest BCUT2D eigenvalue weighted by Crippen LogP contribution is 2.23. The van der Waals surface area contributed by atoms with E-state index < -0.39 is 0 Å². The number of hydrogen-bond donors (Lipinski definition) is 0. The predicted octanol–water partition coefficient (Wildman–Crippen LogP) is 3.43. The second-order valence-corrected chi connectivity index (χ2v) is 6.56. The minimum absolute atomic E-state index is 0.298. The average Bonchev–Trinajstić information content (AvgIpc) is 2.91. The van der Waals surface area contributed by atoms with Gasteiger partial charge in [0, 0.05) is 31.7 Å². The van der Waals surface area contributed by atoms with Gasteiger partial charge in [-0.05, 0) is 26.2 Å². The first-order valence-corrected chi connectivity index (χ1v) is 8.91. The van der Waals surface area contributed by atoms with Crippen molar-refractivity contribution in [2.75, 3.05) is 12.3 Å². The van der Waals surface area contributed by atoms with Crippen LogP contribution >= 0.6 is 11.8 Å². The van der Waals surface area contributed by atoms with Gasteiger partial charge in [0.05, 0.1) is 0 Å². The lowest BCUT2D eigenvalue weighted by atomic mass is 9.94. The van der Waals surface area contributed by atoms with Gasteiger partial charge in [-0.3, -0.25) is 4.79 Å². The van der Waals surface area contributed by atoms with Gasteiger partial charge in [0.1, 0.15) is 0 Å². The highest BCUT2D eigenvalue weighted by Gasteiger charge is 2.23. The van der Waals surface area contributed by atoms with E-state index in [0.717, 1.165) is 18.7 Å². The Morgan fingerprint density at radius 3 is 2.71 bits per heavy atom. The summed E-state index contributed by atoms with van der Waals surface area (Å²) in [5.41, 5.74) is 0. The minimum Gasteiger partial charge on any atom is -0.416 e. The third-order valence-corrected chi connectivity index (χ3v) is 4.85. The van der Waals surface area contributed by atoms with Crippen molar-refractivity contribution < 1.29 is 9.21 Å². The average molecular weight is 311 g/mol. The smallest absolute Gasteiger partial charge is 0.276 e. The van der Waals surface area contributed by atoms with Crippen molar-refractivity contribution in [2.45, 2.75) is 70.1 Å². The molecular formula is C15H25N3O2S. The zero-order valence-corrected chi connectivity index (χ0v) is 13.8. The van der Waals surface area contributed by atoms with Crippen molar-refractivity contribution in [1.29, 1.82) is 0 Å². The third-order valence-electron chi connectivity index (χ3n) is 3.94. The van der Waals surface area contributed by atoms with Crippen molar-refractivity contribution in [2.24, 2.45) is 0 Å². The molecule has 21 heavy (non-hydrogen) atoms. The molecular weight excluding hydrogens is 286 g/mol. The van der Waals surface area contributed by atoms with Crippen molar-refractivity contribution >= 4 is 17.7 Å². The molecule has 1 saturated carbocycles. The molecule has 1 aromatic heterocycles. The number of nitrogens with zero attached hydrogens (tertiary/aromatic N) is 3. The second-order valence-electron chi connectivity index (χ2n) is 5.51. The summed E-state index contributed by atoms with van der Waals surface area (Å²) in [6.45, 7) is 4.70. The summed E-state index contributed by atoms with van der Waals surface area (Å²) in [6, 6.07) is 0.475. The van der Waals surface area contributed by atoms with Crippen molar-refractivity contribution in [1.82, 2.24) is 15.1 Å². The number of aryl methyl sites for hydroxylation is 1. The van der Waals surface area contributed by atoms with E-state index in [1.165, 1.54) is 43.9 Å². The monoisotopic (exact) mass is 311 g/mol. The molecule has 118 valence electrons. The van der Waals surface area contributed by atoms with E-state index >= 15 is 0 Å². The molecule has 0 bridgehead atoms. The molecule has 0 aromatic carbocycles. The number of hydrogen-bond acceptors (Lipinski definition) is 5. The number of carbonyl (C=O) groups is 1. The maximum atomic E-state index is 12.4. The standard InChI is InChI=1S/C15H25N3O2S/c1-3-18(13-8-5-4-6-9-13)14(19)10-7-11-21-15-17-16-12(2)20-15/h13H,3-11H2,1-2H3. The quantitative estimate of drug-likeness (QED) is 0.570. The van der Waals surface area contributed by atoms with Gasteiger partial charge in [-0.15, -0.1) is 10.2 Å². The summed E-state index contributed by atoms with van der Waals surface area (Å²) in [5, 5.41) is 8.33. The second kappa shape index (κ2) is 8.41. The molecule has 0 saturated heterocycles. The Balaban J connectivity index is 1.69. The summed E-state index contributed by atoms with van der Waals surface area (Å²) in [6.07, 6.45) is 7.67. The molecule has 1 heterocycles. The van der Waals surface area contributed by atoms with Crippen LogP contribution in [0, 0.1) is 6.92 Å². The van der Waals surface area contributed by atoms with Gasteiger partial charge < -0.3 is 9.32 Å². The zero-order chi connectivity index (χ0) is 15.1. The summed E-state index contributed by atoms with van der Waals surface area (Å²) in [7, 11) is 0. The number of carbonyl (C=O) groups excluding carboxylic acids is 1. The van der Waals surface area contributed by atoms with Crippen molar-refractivity contribution in [3.8, 4) is 0 Å². The normalized spacial score (nSPS) is 16.1. The SMILES string of the molecule is CCN(C(=O)CCCSc1nnc(C)o1)C1CCCCC1. The lowest BCUT2D eigenvalue weighted by Gasteiger charge is -2.33. The molecule has 1 amide bonds. The largest absolute Gasteiger partial charge is 0.416 e. The van der Waals surface area contributed by atoms with Crippen LogP contribution in [0.15, 0.2) is 9.64 Å². The Hall–Kier alpha value is -1.04. The predicted molar refractivity (Wildman–Crippen MR) is 83.3 cm³/mol. The number of aromatic nitrogens is 2. The molecule has 2 rings (SSSR count). The molecule has 0 unspecified atom stereocenters. The van der Waals surface area contributed by atoms with Gasteiger partial charge in [0.2, 0.25) is 11.8 Å². The Kier molecular flexibility index (Phi) is 6.54. The van der Waals surface area contributed by atoms with E-state index in [2.05, 4.69) is 22.0 Å². The molecule has 1 fully saturated rings. The summed E-state index contributed by atoms with van der Waals surface area (Å²) in [4.78, 5) is 14.4. The van der Waals surface area contributed by atoms with E-state index in [4.69, 9.17) is 4.42 Å². The fourth-order valence-electron chi connectivity index (χ4n) is 2.89. The number of thioether (sulfide) groups is 1. The van der Waals surface area contributed by atoms with E-state index in [-0.39, 0.29) is 0 Å². The molecule has 1 aliphatic carbocycles. The fraction of sp³-hybridized carbons (Fsp3) is 0.800. The number of amides is 1. The van der Waals surface area contributed by atoms with Crippen LogP contribution in [0.2, 0.25) is 0 Å².